The molecule has 0 aromatic rings. The van der Waals surface area contributed by atoms with Gasteiger partial charge < -0.3 is 14.2 Å². The van der Waals surface area contributed by atoms with E-state index in [2.05, 4.69) is 13.5 Å². The molecule has 2 aliphatic carbocycles. The number of hydrogen-bond acceptors (Lipinski definition) is 7. The Balaban J connectivity index is 2.36. The molecule has 0 aromatic carbocycles. The Labute approximate surface area is 196 Å². The van der Waals surface area contributed by atoms with Gasteiger partial charge in [0, 0.05) is 39.0 Å². The van der Waals surface area contributed by atoms with Gasteiger partial charge in [0.2, 0.25) is 0 Å². The summed E-state index contributed by atoms with van der Waals surface area (Å²) < 4.78 is 16.1. The first-order valence-corrected chi connectivity index (χ1v) is 11.6. The molecule has 0 saturated heterocycles. The van der Waals surface area contributed by atoms with E-state index in [-0.39, 0.29) is 48.7 Å². The van der Waals surface area contributed by atoms with Crippen LogP contribution in [0.4, 0.5) is 0 Å². The molecular weight excluding hydrogens is 424 g/mol. The maximum Gasteiger partial charge on any atom is 0.303 e. The SMILES string of the molecule is C=C1C(CC/C(C)=C\COC(C)=O)[C@@]2(C)CC(=O)C[C@](C)(COC(C)=O)C2C[C@H]1OC(C)=O. The van der Waals surface area contributed by atoms with E-state index in [0.717, 1.165) is 24.0 Å². The lowest BCUT2D eigenvalue weighted by atomic mass is 9.46. The third kappa shape index (κ3) is 6.55. The molecule has 0 aliphatic heterocycles. The number of carbonyl (C=O) groups is 4. The van der Waals surface area contributed by atoms with Gasteiger partial charge in [-0.3, -0.25) is 19.2 Å². The monoisotopic (exact) mass is 462 g/mol. The lowest BCUT2D eigenvalue weighted by Gasteiger charge is -2.59. The van der Waals surface area contributed by atoms with Crippen molar-refractivity contribution in [1.29, 1.82) is 0 Å². The number of carbonyl (C=O) groups excluding carboxylic acids is 4. The van der Waals surface area contributed by atoms with Crippen LogP contribution in [0, 0.1) is 22.7 Å². The number of Topliss-reactive ketones (excluding diaryl/α,β-unsaturated/α-hetero) is 1. The second-order valence-corrected chi connectivity index (χ2v) is 10.2. The van der Waals surface area contributed by atoms with Crippen molar-refractivity contribution in [1.82, 2.24) is 0 Å². The van der Waals surface area contributed by atoms with Crippen LogP contribution in [0.25, 0.3) is 0 Å². The van der Waals surface area contributed by atoms with Crippen LogP contribution < -0.4 is 0 Å². The molecule has 33 heavy (non-hydrogen) atoms. The standard InChI is InChI=1S/C26H38O7/c1-16(10-11-31-18(3)27)8-9-22-17(2)23(33-20(5)29)12-24-25(6,15-32-19(4)28)13-21(30)14-26(22,24)7/h10,22-24H,2,8-9,11-15H2,1,3-7H3/b16-10-/t22?,23-,24?,25-,26-/m1/s1. The third-order valence-electron chi connectivity index (χ3n) is 7.38. The summed E-state index contributed by atoms with van der Waals surface area (Å²) in [7, 11) is 0. The van der Waals surface area contributed by atoms with Crippen molar-refractivity contribution >= 4 is 23.7 Å². The molecule has 0 aromatic heterocycles. The topological polar surface area (TPSA) is 96.0 Å². The number of hydrogen-bond donors (Lipinski definition) is 0. The molecule has 2 aliphatic rings. The Hall–Kier alpha value is -2.44. The average molecular weight is 463 g/mol. The predicted molar refractivity (Wildman–Crippen MR) is 123 cm³/mol. The highest BCUT2D eigenvalue weighted by atomic mass is 16.5. The molecule has 7 nitrogen and oxygen atoms in total. The van der Waals surface area contributed by atoms with Crippen molar-refractivity contribution < 1.29 is 33.4 Å². The van der Waals surface area contributed by atoms with Gasteiger partial charge in [0.25, 0.3) is 0 Å². The van der Waals surface area contributed by atoms with Crippen molar-refractivity contribution in [2.75, 3.05) is 13.2 Å². The first-order chi connectivity index (χ1) is 15.3. The maximum atomic E-state index is 12.9. The molecule has 0 heterocycles. The zero-order valence-corrected chi connectivity index (χ0v) is 20.8. The predicted octanol–water partition coefficient (Wildman–Crippen LogP) is 4.34. The molecule has 2 fully saturated rings. The van der Waals surface area contributed by atoms with Crippen LogP contribution in [-0.4, -0.2) is 43.0 Å². The Bertz CT molecular complexity index is 842. The van der Waals surface area contributed by atoms with Crippen molar-refractivity contribution in [3.63, 3.8) is 0 Å². The zero-order chi connectivity index (χ0) is 25.0. The van der Waals surface area contributed by atoms with Gasteiger partial charge in [-0.25, -0.2) is 0 Å². The molecule has 0 N–H and O–H groups in total. The average Bonchev–Trinajstić information content (AvgIpc) is 2.67. The molecular formula is C26H38O7. The summed E-state index contributed by atoms with van der Waals surface area (Å²) in [6.45, 7) is 14.9. The first-order valence-electron chi connectivity index (χ1n) is 11.6. The summed E-state index contributed by atoms with van der Waals surface area (Å²) in [5.74, 6) is -0.973. The van der Waals surface area contributed by atoms with Crippen LogP contribution in [-0.2, 0) is 33.4 Å². The number of ketones is 1. The van der Waals surface area contributed by atoms with Crippen molar-refractivity contribution in [3.8, 4) is 0 Å². The third-order valence-corrected chi connectivity index (χ3v) is 7.38. The van der Waals surface area contributed by atoms with E-state index in [0.29, 0.717) is 19.3 Å². The molecule has 2 saturated carbocycles. The van der Waals surface area contributed by atoms with Gasteiger partial charge in [0.1, 0.15) is 18.5 Å². The molecule has 184 valence electrons. The smallest absolute Gasteiger partial charge is 0.303 e. The van der Waals surface area contributed by atoms with E-state index in [9.17, 15) is 19.2 Å². The Morgan fingerprint density at radius 3 is 2.24 bits per heavy atom. The van der Waals surface area contributed by atoms with Gasteiger partial charge in [-0.1, -0.05) is 26.0 Å². The van der Waals surface area contributed by atoms with E-state index in [1.807, 2.05) is 19.9 Å². The number of ether oxygens (including phenoxy) is 3. The van der Waals surface area contributed by atoms with Gasteiger partial charge in [0.05, 0.1) is 6.61 Å². The second-order valence-electron chi connectivity index (χ2n) is 10.2. The van der Waals surface area contributed by atoms with Gasteiger partial charge in [-0.2, -0.15) is 0 Å². The highest BCUT2D eigenvalue weighted by Gasteiger charge is 2.59. The fraction of sp³-hybridized carbons (Fsp3) is 0.692. The summed E-state index contributed by atoms with van der Waals surface area (Å²) >= 11 is 0. The Morgan fingerprint density at radius 2 is 1.67 bits per heavy atom. The minimum absolute atomic E-state index is 0.00670. The summed E-state index contributed by atoms with van der Waals surface area (Å²) in [5.41, 5.74) is 0.964. The molecule has 0 bridgehead atoms. The molecule has 0 amide bonds. The lowest BCUT2D eigenvalue weighted by Crippen LogP contribution is -2.57. The molecule has 7 heteroatoms. The van der Waals surface area contributed by atoms with Crippen LogP contribution in [0.1, 0.15) is 73.6 Å². The largest absolute Gasteiger partial charge is 0.465 e. The van der Waals surface area contributed by atoms with Crippen LogP contribution in [0.5, 0.6) is 0 Å². The van der Waals surface area contributed by atoms with Crippen molar-refractivity contribution in [3.05, 3.63) is 23.8 Å². The van der Waals surface area contributed by atoms with Crippen LogP contribution in [0.15, 0.2) is 23.8 Å². The number of allylic oxidation sites excluding steroid dienone is 1. The van der Waals surface area contributed by atoms with E-state index in [4.69, 9.17) is 14.2 Å². The number of esters is 3. The summed E-state index contributed by atoms with van der Waals surface area (Å²) in [6.07, 6.45) is 4.19. The summed E-state index contributed by atoms with van der Waals surface area (Å²) in [5, 5.41) is 0. The fourth-order valence-corrected chi connectivity index (χ4v) is 5.95. The summed E-state index contributed by atoms with van der Waals surface area (Å²) in [6, 6.07) is 0. The van der Waals surface area contributed by atoms with E-state index in [1.165, 1.54) is 20.8 Å². The zero-order valence-electron chi connectivity index (χ0n) is 20.8. The van der Waals surface area contributed by atoms with Crippen molar-refractivity contribution in [2.24, 2.45) is 22.7 Å². The van der Waals surface area contributed by atoms with Crippen LogP contribution >= 0.6 is 0 Å². The molecule has 2 unspecified atom stereocenters. The van der Waals surface area contributed by atoms with E-state index >= 15 is 0 Å². The second kappa shape index (κ2) is 10.7. The fourth-order valence-electron chi connectivity index (χ4n) is 5.95. The van der Waals surface area contributed by atoms with Gasteiger partial charge in [0.15, 0.2) is 0 Å². The Morgan fingerprint density at radius 1 is 1.03 bits per heavy atom. The van der Waals surface area contributed by atoms with E-state index in [1.54, 1.807) is 0 Å². The van der Waals surface area contributed by atoms with Gasteiger partial charge >= 0.3 is 17.9 Å². The highest BCUT2D eigenvalue weighted by molar-refractivity contribution is 5.81. The van der Waals surface area contributed by atoms with Gasteiger partial charge in [-0.15, -0.1) is 0 Å². The molecule has 0 radical (unpaired) electrons. The highest BCUT2D eigenvalue weighted by Crippen LogP contribution is 2.61. The number of rotatable bonds is 8. The van der Waals surface area contributed by atoms with Crippen molar-refractivity contribution in [2.45, 2.75) is 79.8 Å². The maximum absolute atomic E-state index is 12.9. The lowest BCUT2D eigenvalue weighted by molar-refractivity contribution is -0.168. The minimum Gasteiger partial charge on any atom is -0.465 e. The molecule has 2 rings (SSSR count). The van der Waals surface area contributed by atoms with Gasteiger partial charge in [-0.05, 0) is 55.1 Å². The Kier molecular flexibility index (Phi) is 8.66. The quantitative estimate of drug-likeness (QED) is 0.301. The molecule has 0 spiro atoms. The summed E-state index contributed by atoms with van der Waals surface area (Å²) in [4.78, 5) is 47.3. The molecule has 5 atom stereocenters. The first kappa shape index (κ1) is 26.8. The number of fused-ring (bicyclic) bond motifs is 1. The van der Waals surface area contributed by atoms with Crippen LogP contribution in [0.3, 0.4) is 0 Å². The van der Waals surface area contributed by atoms with E-state index < -0.39 is 16.9 Å². The minimum atomic E-state index is -0.548. The van der Waals surface area contributed by atoms with Crippen LogP contribution in [0.2, 0.25) is 0 Å². The normalized spacial score (nSPS) is 32.1.